The Morgan fingerprint density at radius 3 is 2.36 bits per heavy atom. The Morgan fingerprint density at radius 2 is 1.80 bits per heavy atom. The number of phenols is 1. The summed E-state index contributed by atoms with van der Waals surface area (Å²) in [6, 6.07) is 2.30. The molecule has 1 aromatic carbocycles. The lowest BCUT2D eigenvalue weighted by atomic mass is 9.99. The molecule has 25 heavy (non-hydrogen) atoms. The van der Waals surface area contributed by atoms with Crippen molar-refractivity contribution in [3.05, 3.63) is 17.7 Å². The third-order valence-electron chi connectivity index (χ3n) is 3.77. The minimum absolute atomic E-state index is 0.0203. The van der Waals surface area contributed by atoms with Crippen LogP contribution in [0.5, 0.6) is 17.2 Å². The minimum atomic E-state index is -1.73. The van der Waals surface area contributed by atoms with Crippen LogP contribution in [0.25, 0.3) is 0 Å². The molecule has 0 amide bonds. The molecule has 0 bridgehead atoms. The van der Waals surface area contributed by atoms with E-state index in [0.29, 0.717) is 0 Å². The van der Waals surface area contributed by atoms with Crippen molar-refractivity contribution in [1.82, 2.24) is 0 Å². The molecule has 1 heterocycles. The van der Waals surface area contributed by atoms with E-state index < -0.39 is 43.3 Å². The molecule has 5 N–H and O–H groups in total. The molecule has 0 unspecified atom stereocenters. The van der Waals surface area contributed by atoms with Crippen molar-refractivity contribution in [2.75, 3.05) is 20.8 Å². The zero-order chi connectivity index (χ0) is 18.7. The zero-order valence-corrected chi connectivity index (χ0v) is 13.5. The van der Waals surface area contributed by atoms with Gasteiger partial charge in [0.1, 0.15) is 24.4 Å². The summed E-state index contributed by atoms with van der Waals surface area (Å²) in [6.45, 7) is -0.657. The number of benzene rings is 1. The zero-order valence-electron chi connectivity index (χ0n) is 13.5. The van der Waals surface area contributed by atoms with Crippen molar-refractivity contribution in [2.45, 2.75) is 30.7 Å². The molecule has 1 fully saturated rings. The summed E-state index contributed by atoms with van der Waals surface area (Å²) in [6.07, 6.45) is -7.81. The smallest absolute Gasteiger partial charge is 0.340 e. The average Bonchev–Trinajstić information content (AvgIpc) is 2.61. The van der Waals surface area contributed by atoms with Crippen molar-refractivity contribution >= 4 is 5.97 Å². The highest BCUT2D eigenvalue weighted by atomic mass is 16.7. The van der Waals surface area contributed by atoms with Gasteiger partial charge >= 0.3 is 5.97 Å². The second kappa shape index (κ2) is 7.85. The molecule has 1 saturated heterocycles. The third kappa shape index (κ3) is 3.78. The van der Waals surface area contributed by atoms with Gasteiger partial charge in [0.25, 0.3) is 0 Å². The van der Waals surface area contributed by atoms with E-state index in [-0.39, 0.29) is 22.8 Å². The average molecular weight is 360 g/mol. The van der Waals surface area contributed by atoms with Gasteiger partial charge in [0, 0.05) is 0 Å². The number of rotatable bonds is 5. The summed E-state index contributed by atoms with van der Waals surface area (Å²) in [5, 5.41) is 48.2. The maximum Gasteiger partial charge on any atom is 0.340 e. The molecule has 0 aliphatic carbocycles. The van der Waals surface area contributed by atoms with Crippen molar-refractivity contribution in [3.63, 3.8) is 0 Å². The first-order chi connectivity index (χ1) is 11.8. The monoisotopic (exact) mass is 360 g/mol. The van der Waals surface area contributed by atoms with Crippen LogP contribution in [-0.2, 0) is 9.47 Å². The van der Waals surface area contributed by atoms with E-state index in [4.69, 9.17) is 24.1 Å². The molecule has 0 aromatic heterocycles. The molecule has 5 atom stereocenters. The van der Waals surface area contributed by atoms with E-state index in [2.05, 4.69) is 0 Å². The first-order valence-electron chi connectivity index (χ1n) is 7.30. The summed E-state index contributed by atoms with van der Waals surface area (Å²) < 4.78 is 20.0. The summed E-state index contributed by atoms with van der Waals surface area (Å²) in [5.74, 6) is -1.28. The molecule has 2 rings (SSSR count). The van der Waals surface area contributed by atoms with Gasteiger partial charge in [0.15, 0.2) is 11.5 Å². The van der Waals surface area contributed by atoms with E-state index in [1.807, 2.05) is 0 Å². The number of esters is 1. The van der Waals surface area contributed by atoms with Crippen LogP contribution >= 0.6 is 0 Å². The number of hydrogen-bond donors (Lipinski definition) is 5. The standard InChI is InChI=1S/C15H20O10/c1-22-8-4-6(3-7(17)13(8)23-2)14(21)25-15-12(20)11(19)10(18)9(5-16)24-15/h3-4,9-12,15-20H,5H2,1-2H3/t9-,10-,11-,12+,15+/m1/s1. The predicted octanol–water partition coefficient (Wildman–Crippen LogP) is -1.63. The van der Waals surface area contributed by atoms with Gasteiger partial charge in [-0.25, -0.2) is 4.79 Å². The Balaban J connectivity index is 2.20. The van der Waals surface area contributed by atoms with Crippen LogP contribution in [0.15, 0.2) is 12.1 Å². The number of carbonyl (C=O) groups is 1. The molecule has 0 spiro atoms. The van der Waals surface area contributed by atoms with E-state index in [0.717, 1.165) is 6.07 Å². The first kappa shape index (κ1) is 19.2. The molecular formula is C15H20O10. The van der Waals surface area contributed by atoms with Crippen LogP contribution in [0.3, 0.4) is 0 Å². The fourth-order valence-corrected chi connectivity index (χ4v) is 2.40. The maximum absolute atomic E-state index is 12.2. The van der Waals surface area contributed by atoms with Crippen LogP contribution in [0, 0.1) is 0 Å². The first-order valence-corrected chi connectivity index (χ1v) is 7.30. The van der Waals surface area contributed by atoms with Gasteiger partial charge < -0.3 is 44.5 Å². The number of aliphatic hydroxyl groups is 4. The molecule has 1 aliphatic heterocycles. The molecule has 10 nitrogen and oxygen atoms in total. The normalized spacial score (nSPS) is 29.1. The van der Waals surface area contributed by atoms with Gasteiger partial charge in [0.05, 0.1) is 26.4 Å². The fraction of sp³-hybridized carbons (Fsp3) is 0.533. The summed E-state index contributed by atoms with van der Waals surface area (Å²) in [4.78, 5) is 12.2. The SMILES string of the molecule is COc1cc(C(=O)O[C@@H]2O[C@H](CO)[C@@H](O)[C@@H](O)[C@@H]2O)cc(O)c1OC. The van der Waals surface area contributed by atoms with Crippen LogP contribution in [0.2, 0.25) is 0 Å². The topological polar surface area (TPSA) is 155 Å². The lowest BCUT2D eigenvalue weighted by Crippen LogP contribution is -2.59. The van der Waals surface area contributed by atoms with E-state index in [1.165, 1.54) is 20.3 Å². The molecule has 0 saturated carbocycles. The summed E-state index contributed by atoms with van der Waals surface area (Å²) in [5.41, 5.74) is -0.132. The molecular weight excluding hydrogens is 340 g/mol. The lowest BCUT2D eigenvalue weighted by Gasteiger charge is -2.39. The van der Waals surface area contributed by atoms with Gasteiger partial charge in [-0.1, -0.05) is 0 Å². The molecule has 0 radical (unpaired) electrons. The molecule has 1 aliphatic rings. The maximum atomic E-state index is 12.2. The molecule has 10 heteroatoms. The van der Waals surface area contributed by atoms with Gasteiger partial charge in [-0.2, -0.15) is 0 Å². The summed E-state index contributed by atoms with van der Waals surface area (Å²) in [7, 11) is 2.62. The Kier molecular flexibility index (Phi) is 6.03. The lowest BCUT2D eigenvalue weighted by molar-refractivity contribution is -0.285. The van der Waals surface area contributed by atoms with Crippen molar-refractivity contribution < 1.29 is 49.3 Å². The van der Waals surface area contributed by atoms with Gasteiger partial charge in [-0.05, 0) is 12.1 Å². The Bertz CT molecular complexity index is 617. The quantitative estimate of drug-likeness (QED) is 0.386. The van der Waals surface area contributed by atoms with Gasteiger partial charge in [-0.3, -0.25) is 0 Å². The molecule has 1 aromatic rings. The fourth-order valence-electron chi connectivity index (χ4n) is 2.40. The van der Waals surface area contributed by atoms with Crippen molar-refractivity contribution in [3.8, 4) is 17.2 Å². The predicted molar refractivity (Wildman–Crippen MR) is 80.4 cm³/mol. The van der Waals surface area contributed by atoms with Crippen LogP contribution < -0.4 is 9.47 Å². The Labute approximate surface area is 142 Å². The second-order valence-electron chi connectivity index (χ2n) is 5.33. The third-order valence-corrected chi connectivity index (χ3v) is 3.77. The molecule has 140 valence electrons. The van der Waals surface area contributed by atoms with Crippen molar-refractivity contribution in [2.24, 2.45) is 0 Å². The summed E-state index contributed by atoms with van der Waals surface area (Å²) >= 11 is 0. The Hall–Kier alpha value is -2.11. The van der Waals surface area contributed by atoms with E-state index in [9.17, 15) is 25.2 Å². The Morgan fingerprint density at radius 1 is 1.12 bits per heavy atom. The number of carbonyl (C=O) groups excluding carboxylic acids is 1. The van der Waals surface area contributed by atoms with Gasteiger partial charge in [-0.15, -0.1) is 0 Å². The van der Waals surface area contributed by atoms with Crippen molar-refractivity contribution in [1.29, 1.82) is 0 Å². The van der Waals surface area contributed by atoms with E-state index >= 15 is 0 Å². The van der Waals surface area contributed by atoms with Crippen LogP contribution in [0.4, 0.5) is 0 Å². The van der Waals surface area contributed by atoms with E-state index in [1.54, 1.807) is 0 Å². The number of methoxy groups -OCH3 is 2. The number of ether oxygens (including phenoxy) is 4. The number of aromatic hydroxyl groups is 1. The highest BCUT2D eigenvalue weighted by molar-refractivity contribution is 5.91. The second-order valence-corrected chi connectivity index (χ2v) is 5.33. The largest absolute Gasteiger partial charge is 0.504 e. The van der Waals surface area contributed by atoms with Crippen LogP contribution in [0.1, 0.15) is 10.4 Å². The number of aliphatic hydroxyl groups excluding tert-OH is 4. The van der Waals surface area contributed by atoms with Crippen LogP contribution in [-0.4, -0.2) is 83.0 Å². The highest BCUT2D eigenvalue weighted by Gasteiger charge is 2.45. The number of phenolic OH excluding ortho intramolecular Hbond substituents is 1. The van der Waals surface area contributed by atoms with Gasteiger partial charge in [0.2, 0.25) is 12.0 Å². The minimum Gasteiger partial charge on any atom is -0.504 e. The number of hydrogen-bond acceptors (Lipinski definition) is 10. The highest BCUT2D eigenvalue weighted by Crippen LogP contribution is 2.37.